The van der Waals surface area contributed by atoms with Crippen molar-refractivity contribution in [2.45, 2.75) is 11.1 Å². The van der Waals surface area contributed by atoms with Crippen molar-refractivity contribution >= 4 is 17.6 Å². The summed E-state index contributed by atoms with van der Waals surface area (Å²) in [6, 6.07) is 3.43. The van der Waals surface area contributed by atoms with Crippen LogP contribution in [0.15, 0.2) is 23.4 Å². The number of nitrogen functional groups attached to an aromatic ring is 1. The minimum atomic E-state index is -0.732. The molecule has 0 spiro atoms. The van der Waals surface area contributed by atoms with Gasteiger partial charge in [-0.05, 0) is 12.1 Å². The zero-order valence-corrected chi connectivity index (χ0v) is 8.87. The standard InChI is InChI=1S/C9H13N3O2S/c10-9(11)6-1-2-8(12-3-6)15-5-7(14)4-13/h1-3,7,13-14H,4-5H2,(H3,10,11). The van der Waals surface area contributed by atoms with Gasteiger partial charge in [-0.15, -0.1) is 11.8 Å². The Balaban J connectivity index is 2.53. The fourth-order valence-electron chi connectivity index (χ4n) is 0.859. The third-order valence-corrected chi connectivity index (χ3v) is 2.77. The molecular weight excluding hydrogens is 214 g/mol. The molecule has 1 unspecified atom stereocenters. The number of amidine groups is 1. The highest BCUT2D eigenvalue weighted by Gasteiger charge is 2.04. The van der Waals surface area contributed by atoms with Crippen LogP contribution in [0.25, 0.3) is 0 Å². The first-order chi connectivity index (χ1) is 7.13. The number of nitrogens with two attached hydrogens (primary N) is 1. The molecule has 0 aliphatic carbocycles. The predicted molar refractivity (Wildman–Crippen MR) is 59.1 cm³/mol. The van der Waals surface area contributed by atoms with Crippen molar-refractivity contribution in [3.8, 4) is 0 Å². The van der Waals surface area contributed by atoms with Gasteiger partial charge in [-0.3, -0.25) is 5.41 Å². The monoisotopic (exact) mass is 227 g/mol. The van der Waals surface area contributed by atoms with E-state index in [0.717, 1.165) is 5.03 Å². The summed E-state index contributed by atoms with van der Waals surface area (Å²) in [5.41, 5.74) is 5.84. The molecule has 1 aromatic rings. The fraction of sp³-hybridized carbons (Fsp3) is 0.333. The first-order valence-electron chi connectivity index (χ1n) is 4.35. The number of aliphatic hydroxyl groups excluding tert-OH is 2. The van der Waals surface area contributed by atoms with Crippen LogP contribution in [0.3, 0.4) is 0 Å². The minimum Gasteiger partial charge on any atom is -0.394 e. The summed E-state index contributed by atoms with van der Waals surface area (Å²) in [5, 5.41) is 25.6. The maximum Gasteiger partial charge on any atom is 0.124 e. The molecule has 1 aromatic heterocycles. The number of nitrogens with zero attached hydrogens (tertiary/aromatic N) is 1. The van der Waals surface area contributed by atoms with Gasteiger partial charge in [-0.2, -0.15) is 0 Å². The van der Waals surface area contributed by atoms with Gasteiger partial charge in [0.15, 0.2) is 0 Å². The summed E-state index contributed by atoms with van der Waals surface area (Å²) < 4.78 is 0. The predicted octanol–water partition coefficient (Wildman–Crippen LogP) is -0.189. The molecule has 0 bridgehead atoms. The zero-order valence-electron chi connectivity index (χ0n) is 8.05. The van der Waals surface area contributed by atoms with Crippen LogP contribution in [0.4, 0.5) is 0 Å². The lowest BCUT2D eigenvalue weighted by Gasteiger charge is -2.05. The van der Waals surface area contributed by atoms with Crippen molar-refractivity contribution in [1.29, 1.82) is 5.41 Å². The van der Waals surface area contributed by atoms with Crippen LogP contribution >= 0.6 is 11.8 Å². The summed E-state index contributed by atoms with van der Waals surface area (Å²) in [6.07, 6.45) is 0.778. The van der Waals surface area contributed by atoms with Gasteiger partial charge in [0.2, 0.25) is 0 Å². The van der Waals surface area contributed by atoms with Crippen LogP contribution in [0.5, 0.6) is 0 Å². The zero-order chi connectivity index (χ0) is 11.3. The molecule has 0 fully saturated rings. The lowest BCUT2D eigenvalue weighted by atomic mass is 10.3. The number of nitrogens with one attached hydrogen (secondary N) is 1. The van der Waals surface area contributed by atoms with Gasteiger partial charge in [0, 0.05) is 17.5 Å². The van der Waals surface area contributed by atoms with Crippen LogP contribution < -0.4 is 5.73 Å². The van der Waals surface area contributed by atoms with E-state index >= 15 is 0 Å². The molecule has 6 heteroatoms. The fourth-order valence-corrected chi connectivity index (χ4v) is 1.62. The highest BCUT2D eigenvalue weighted by molar-refractivity contribution is 7.99. The van der Waals surface area contributed by atoms with Gasteiger partial charge in [-0.25, -0.2) is 4.98 Å². The first-order valence-corrected chi connectivity index (χ1v) is 5.34. The molecular formula is C9H13N3O2S. The van der Waals surface area contributed by atoms with E-state index < -0.39 is 6.10 Å². The molecule has 0 saturated carbocycles. The van der Waals surface area contributed by atoms with Gasteiger partial charge < -0.3 is 15.9 Å². The minimum absolute atomic E-state index is 0.0190. The first kappa shape index (κ1) is 12.0. The van der Waals surface area contributed by atoms with Crippen LogP contribution in [-0.2, 0) is 0 Å². The summed E-state index contributed by atoms with van der Waals surface area (Å²) in [5.74, 6) is 0.373. The molecule has 0 amide bonds. The van der Waals surface area contributed by atoms with Gasteiger partial charge in [0.25, 0.3) is 0 Å². The number of rotatable bonds is 5. The SMILES string of the molecule is N=C(N)c1ccc(SCC(O)CO)nc1. The molecule has 1 heterocycles. The highest BCUT2D eigenvalue weighted by Crippen LogP contribution is 2.15. The largest absolute Gasteiger partial charge is 0.394 e. The van der Waals surface area contributed by atoms with Gasteiger partial charge >= 0.3 is 0 Å². The molecule has 5 nitrogen and oxygen atoms in total. The van der Waals surface area contributed by atoms with Crippen molar-refractivity contribution in [3.63, 3.8) is 0 Å². The number of hydrogen-bond acceptors (Lipinski definition) is 5. The van der Waals surface area contributed by atoms with E-state index in [9.17, 15) is 0 Å². The normalized spacial score (nSPS) is 12.4. The second-order valence-corrected chi connectivity index (χ2v) is 3.99. The third kappa shape index (κ3) is 3.86. The Morgan fingerprint density at radius 3 is 2.80 bits per heavy atom. The van der Waals surface area contributed by atoms with Crippen LogP contribution in [-0.4, -0.2) is 39.5 Å². The number of pyridine rings is 1. The molecule has 0 radical (unpaired) electrons. The van der Waals surface area contributed by atoms with Crippen LogP contribution in [0.2, 0.25) is 0 Å². The van der Waals surface area contributed by atoms with E-state index in [2.05, 4.69) is 4.98 Å². The molecule has 5 N–H and O–H groups in total. The van der Waals surface area contributed by atoms with Gasteiger partial charge in [-0.1, -0.05) is 0 Å². The number of hydrogen-bond donors (Lipinski definition) is 4. The van der Waals surface area contributed by atoms with Crippen molar-refractivity contribution in [3.05, 3.63) is 23.9 Å². The smallest absolute Gasteiger partial charge is 0.124 e. The molecule has 82 valence electrons. The molecule has 0 aliphatic heterocycles. The van der Waals surface area contributed by atoms with E-state index in [4.69, 9.17) is 21.4 Å². The number of aliphatic hydroxyl groups is 2. The summed E-state index contributed by atoms with van der Waals surface area (Å²) >= 11 is 1.34. The van der Waals surface area contributed by atoms with E-state index in [-0.39, 0.29) is 12.4 Å². The number of aromatic nitrogens is 1. The van der Waals surface area contributed by atoms with Crippen molar-refractivity contribution in [1.82, 2.24) is 4.98 Å². The van der Waals surface area contributed by atoms with E-state index in [1.807, 2.05) is 0 Å². The van der Waals surface area contributed by atoms with E-state index in [1.54, 1.807) is 12.1 Å². The number of thioether (sulfide) groups is 1. The van der Waals surface area contributed by atoms with Crippen LogP contribution in [0.1, 0.15) is 5.56 Å². The van der Waals surface area contributed by atoms with Crippen molar-refractivity contribution < 1.29 is 10.2 Å². The molecule has 0 aromatic carbocycles. The summed E-state index contributed by atoms with van der Waals surface area (Å²) in [6.45, 7) is -0.251. The average Bonchev–Trinajstić information content (AvgIpc) is 2.26. The lowest BCUT2D eigenvalue weighted by Crippen LogP contribution is -2.14. The van der Waals surface area contributed by atoms with Crippen molar-refractivity contribution in [2.75, 3.05) is 12.4 Å². The molecule has 1 atom stereocenters. The van der Waals surface area contributed by atoms with Crippen LogP contribution in [0, 0.1) is 5.41 Å². The Morgan fingerprint density at radius 1 is 1.60 bits per heavy atom. The maximum absolute atomic E-state index is 9.11. The highest BCUT2D eigenvalue weighted by atomic mass is 32.2. The Kier molecular flexibility index (Phi) is 4.54. The summed E-state index contributed by atoms with van der Waals surface area (Å²) in [7, 11) is 0. The van der Waals surface area contributed by atoms with E-state index in [0.29, 0.717) is 11.3 Å². The van der Waals surface area contributed by atoms with Crippen molar-refractivity contribution in [2.24, 2.45) is 5.73 Å². The Labute approximate surface area is 91.8 Å². The summed E-state index contributed by atoms with van der Waals surface area (Å²) in [4.78, 5) is 4.06. The second kappa shape index (κ2) is 5.69. The van der Waals surface area contributed by atoms with Gasteiger partial charge in [0.1, 0.15) is 5.84 Å². The molecule has 15 heavy (non-hydrogen) atoms. The second-order valence-electron chi connectivity index (χ2n) is 2.95. The third-order valence-electron chi connectivity index (χ3n) is 1.68. The maximum atomic E-state index is 9.11. The average molecular weight is 227 g/mol. The molecule has 1 rings (SSSR count). The Bertz CT molecular complexity index is 329. The molecule has 0 saturated heterocycles. The topological polar surface area (TPSA) is 103 Å². The molecule has 0 aliphatic rings. The quantitative estimate of drug-likeness (QED) is 0.317. The van der Waals surface area contributed by atoms with Gasteiger partial charge in [0.05, 0.1) is 17.7 Å². The lowest BCUT2D eigenvalue weighted by molar-refractivity contribution is 0.113. The van der Waals surface area contributed by atoms with E-state index in [1.165, 1.54) is 18.0 Å². The Hall–Kier alpha value is -1.11. The Morgan fingerprint density at radius 2 is 2.33 bits per heavy atom.